The van der Waals surface area contributed by atoms with Crippen molar-refractivity contribution in [3.63, 3.8) is 0 Å². The van der Waals surface area contributed by atoms with Gasteiger partial charge in [0.05, 0.1) is 15.5 Å². The number of carbonyl (C=O) groups is 1. The molecule has 168 valence electrons. The molecule has 1 N–H and O–H groups in total. The Labute approximate surface area is 184 Å². The number of rotatable bonds is 8. The lowest BCUT2D eigenvalue weighted by molar-refractivity contribution is -0.120. The van der Waals surface area contributed by atoms with Crippen LogP contribution < -0.4 is 5.32 Å². The number of sulfonamides is 1. The average molecular weight is 465 g/mol. The smallest absolute Gasteiger partial charge is 0.243 e. The first-order valence-corrected chi connectivity index (χ1v) is 13.4. The topological polar surface area (TPSA) is 101 Å². The predicted octanol–water partition coefficient (Wildman–Crippen LogP) is 2.38. The fourth-order valence-corrected chi connectivity index (χ4v) is 6.26. The Morgan fingerprint density at radius 3 is 2.16 bits per heavy atom. The molecule has 1 aliphatic rings. The van der Waals surface area contributed by atoms with Crippen LogP contribution in [0.15, 0.2) is 64.4 Å². The zero-order valence-corrected chi connectivity index (χ0v) is 19.2. The number of piperidine rings is 1. The van der Waals surface area contributed by atoms with E-state index in [0.717, 1.165) is 5.56 Å². The number of aryl methyl sites for hydroxylation is 1. The molecule has 1 amide bonds. The zero-order chi connectivity index (χ0) is 22.5. The van der Waals surface area contributed by atoms with Gasteiger partial charge in [-0.05, 0) is 49.9 Å². The second kappa shape index (κ2) is 9.93. The third kappa shape index (κ3) is 6.15. The molecular formula is C22H28N2O5S2. The highest BCUT2D eigenvalue weighted by molar-refractivity contribution is 7.91. The number of hydrogen-bond acceptors (Lipinski definition) is 5. The van der Waals surface area contributed by atoms with E-state index >= 15 is 0 Å². The van der Waals surface area contributed by atoms with E-state index in [0.29, 0.717) is 32.5 Å². The van der Waals surface area contributed by atoms with Gasteiger partial charge in [0.1, 0.15) is 0 Å². The van der Waals surface area contributed by atoms with Crippen molar-refractivity contribution in [3.05, 3.63) is 60.2 Å². The maximum atomic E-state index is 12.7. The second-order valence-corrected chi connectivity index (χ2v) is 11.9. The Morgan fingerprint density at radius 1 is 0.935 bits per heavy atom. The second-order valence-electron chi connectivity index (χ2n) is 7.85. The molecule has 0 aromatic heterocycles. The monoisotopic (exact) mass is 464 g/mol. The van der Waals surface area contributed by atoms with Crippen molar-refractivity contribution in [3.8, 4) is 0 Å². The Bertz CT molecular complexity index is 1090. The maximum Gasteiger partial charge on any atom is 0.243 e. The first kappa shape index (κ1) is 23.4. The Kier molecular flexibility index (Phi) is 7.51. The molecule has 0 aliphatic carbocycles. The summed E-state index contributed by atoms with van der Waals surface area (Å²) in [4.78, 5) is 12.7. The van der Waals surface area contributed by atoms with Crippen LogP contribution in [0, 0.1) is 12.8 Å². The van der Waals surface area contributed by atoms with Gasteiger partial charge in [0.2, 0.25) is 15.9 Å². The lowest BCUT2D eigenvalue weighted by atomic mass is 9.98. The maximum absolute atomic E-state index is 12.7. The molecule has 0 saturated carbocycles. The Balaban J connectivity index is 1.43. The standard InChI is InChI=1S/C22H28N2O5S2/c1-18-7-9-20(10-8-18)30(26,27)16-13-22(25)23-17-19-11-14-24(15-12-19)31(28,29)21-5-3-2-4-6-21/h2-10,19H,11-17H2,1H3,(H,23,25). The lowest BCUT2D eigenvalue weighted by Gasteiger charge is -2.31. The highest BCUT2D eigenvalue weighted by Crippen LogP contribution is 2.23. The molecule has 1 aliphatic heterocycles. The van der Waals surface area contributed by atoms with Crippen molar-refractivity contribution in [1.29, 1.82) is 0 Å². The summed E-state index contributed by atoms with van der Waals surface area (Å²) in [6.07, 6.45) is 1.19. The van der Waals surface area contributed by atoms with Gasteiger partial charge in [-0.15, -0.1) is 0 Å². The van der Waals surface area contributed by atoms with Crippen LogP contribution in [0.4, 0.5) is 0 Å². The first-order valence-electron chi connectivity index (χ1n) is 10.3. The van der Waals surface area contributed by atoms with E-state index in [9.17, 15) is 21.6 Å². The van der Waals surface area contributed by atoms with Gasteiger partial charge in [0.15, 0.2) is 9.84 Å². The highest BCUT2D eigenvalue weighted by atomic mass is 32.2. The minimum absolute atomic E-state index is 0.0998. The average Bonchev–Trinajstić information content (AvgIpc) is 2.77. The molecule has 0 spiro atoms. The minimum Gasteiger partial charge on any atom is -0.356 e. The molecule has 1 saturated heterocycles. The van der Waals surface area contributed by atoms with Crippen LogP contribution in [-0.4, -0.2) is 52.4 Å². The summed E-state index contributed by atoms with van der Waals surface area (Å²) in [5, 5.41) is 2.80. The molecule has 0 unspecified atom stereocenters. The number of carbonyl (C=O) groups excluding carboxylic acids is 1. The summed E-state index contributed by atoms with van der Waals surface area (Å²) in [6.45, 7) is 3.10. The van der Waals surface area contributed by atoms with Gasteiger partial charge in [0.25, 0.3) is 0 Å². The quantitative estimate of drug-likeness (QED) is 0.646. The van der Waals surface area contributed by atoms with E-state index < -0.39 is 19.9 Å². The Morgan fingerprint density at radius 2 is 1.55 bits per heavy atom. The number of sulfone groups is 1. The van der Waals surface area contributed by atoms with Gasteiger partial charge in [-0.1, -0.05) is 35.9 Å². The summed E-state index contributed by atoms with van der Waals surface area (Å²) < 4.78 is 51.5. The van der Waals surface area contributed by atoms with Gasteiger partial charge in [-0.2, -0.15) is 4.31 Å². The van der Waals surface area contributed by atoms with Crippen LogP contribution in [0.1, 0.15) is 24.8 Å². The molecule has 31 heavy (non-hydrogen) atoms. The molecule has 2 aromatic rings. The number of amides is 1. The summed E-state index contributed by atoms with van der Waals surface area (Å²) in [7, 11) is -6.99. The van der Waals surface area contributed by atoms with Gasteiger partial charge >= 0.3 is 0 Å². The van der Waals surface area contributed by atoms with E-state index in [-0.39, 0.29) is 33.8 Å². The number of hydrogen-bond donors (Lipinski definition) is 1. The molecule has 7 nitrogen and oxygen atoms in total. The molecule has 1 heterocycles. The molecule has 1 fully saturated rings. The van der Waals surface area contributed by atoms with Crippen LogP contribution >= 0.6 is 0 Å². The van der Waals surface area contributed by atoms with Crippen molar-refractivity contribution in [2.45, 2.75) is 36.0 Å². The zero-order valence-electron chi connectivity index (χ0n) is 17.5. The third-order valence-electron chi connectivity index (χ3n) is 5.52. The molecular weight excluding hydrogens is 436 g/mol. The number of nitrogens with one attached hydrogen (secondary N) is 1. The summed E-state index contributed by atoms with van der Waals surface area (Å²) >= 11 is 0. The summed E-state index contributed by atoms with van der Waals surface area (Å²) in [6, 6.07) is 14.9. The van der Waals surface area contributed by atoms with Gasteiger partial charge in [-0.3, -0.25) is 4.79 Å². The minimum atomic E-state index is -3.50. The van der Waals surface area contributed by atoms with Crippen molar-refractivity contribution in [2.75, 3.05) is 25.4 Å². The fraction of sp³-hybridized carbons (Fsp3) is 0.409. The molecule has 3 rings (SSSR count). The number of benzene rings is 2. The van der Waals surface area contributed by atoms with Crippen LogP contribution in [-0.2, 0) is 24.7 Å². The van der Waals surface area contributed by atoms with Crippen molar-refractivity contribution in [1.82, 2.24) is 9.62 Å². The van der Waals surface area contributed by atoms with Crippen LogP contribution in [0.25, 0.3) is 0 Å². The van der Waals surface area contributed by atoms with Gasteiger partial charge in [-0.25, -0.2) is 16.8 Å². The van der Waals surface area contributed by atoms with Crippen LogP contribution in [0.3, 0.4) is 0 Å². The fourth-order valence-electron chi connectivity index (χ4n) is 3.53. The number of nitrogens with zero attached hydrogens (tertiary/aromatic N) is 1. The predicted molar refractivity (Wildman–Crippen MR) is 119 cm³/mol. The summed E-state index contributed by atoms with van der Waals surface area (Å²) in [5.74, 6) is -0.384. The van der Waals surface area contributed by atoms with E-state index in [4.69, 9.17) is 0 Å². The van der Waals surface area contributed by atoms with E-state index in [1.54, 1.807) is 54.6 Å². The van der Waals surface area contributed by atoms with E-state index in [2.05, 4.69) is 5.32 Å². The van der Waals surface area contributed by atoms with Crippen molar-refractivity contribution in [2.24, 2.45) is 5.92 Å². The van der Waals surface area contributed by atoms with Crippen LogP contribution in [0.2, 0.25) is 0 Å². The normalized spacial score (nSPS) is 16.2. The van der Waals surface area contributed by atoms with Crippen LogP contribution in [0.5, 0.6) is 0 Å². The van der Waals surface area contributed by atoms with Crippen molar-refractivity contribution < 1.29 is 21.6 Å². The van der Waals surface area contributed by atoms with E-state index in [1.165, 1.54) is 4.31 Å². The largest absolute Gasteiger partial charge is 0.356 e. The third-order valence-corrected chi connectivity index (χ3v) is 9.17. The summed E-state index contributed by atoms with van der Waals surface area (Å²) in [5.41, 5.74) is 0.972. The highest BCUT2D eigenvalue weighted by Gasteiger charge is 2.29. The van der Waals surface area contributed by atoms with E-state index in [1.807, 2.05) is 6.92 Å². The molecule has 0 radical (unpaired) electrons. The molecule has 0 atom stereocenters. The van der Waals surface area contributed by atoms with Crippen molar-refractivity contribution >= 4 is 25.8 Å². The van der Waals surface area contributed by atoms with Gasteiger partial charge < -0.3 is 5.32 Å². The SMILES string of the molecule is Cc1ccc(S(=O)(=O)CCC(=O)NCC2CCN(S(=O)(=O)c3ccccc3)CC2)cc1. The molecule has 2 aromatic carbocycles. The molecule has 9 heteroatoms. The van der Waals surface area contributed by atoms with Gasteiger partial charge in [0, 0.05) is 26.1 Å². The Hall–Kier alpha value is -2.23. The lowest BCUT2D eigenvalue weighted by Crippen LogP contribution is -2.41. The first-order chi connectivity index (χ1) is 14.7. The molecule has 0 bridgehead atoms.